The maximum Gasteiger partial charge on any atom is 0.258 e. The van der Waals surface area contributed by atoms with E-state index in [1.807, 2.05) is 6.08 Å². The fourth-order valence-electron chi connectivity index (χ4n) is 7.12. The molecule has 5 aliphatic rings. The number of ether oxygens (including phenoxy) is 1. The third-order valence-electron chi connectivity index (χ3n) is 8.89. The van der Waals surface area contributed by atoms with Crippen molar-refractivity contribution < 1.29 is 33.4 Å². The van der Waals surface area contributed by atoms with Crippen LogP contribution in [-0.4, -0.2) is 38.5 Å². The summed E-state index contributed by atoms with van der Waals surface area (Å²) >= 11 is 14.5. The van der Waals surface area contributed by atoms with Crippen molar-refractivity contribution in [2.45, 2.75) is 29.0 Å². The fourth-order valence-corrected chi connectivity index (χ4v) is 8.07. The Labute approximate surface area is 237 Å². The first-order valence-electron chi connectivity index (χ1n) is 12.8. The van der Waals surface area contributed by atoms with Gasteiger partial charge in [-0.05, 0) is 66.8 Å². The highest BCUT2D eigenvalue weighted by Crippen LogP contribution is 2.64. The lowest BCUT2D eigenvalue weighted by atomic mass is 9.56. The molecule has 40 heavy (non-hydrogen) atoms. The smallest absolute Gasteiger partial charge is 0.258 e. The molecule has 0 bridgehead atoms. The number of aromatic hydroxyl groups is 1. The Bertz CT molecular complexity index is 1610. The molecule has 2 aliphatic carbocycles. The van der Waals surface area contributed by atoms with E-state index in [0.29, 0.717) is 22.5 Å². The zero-order valence-electron chi connectivity index (χ0n) is 20.7. The second-order valence-corrected chi connectivity index (χ2v) is 12.1. The predicted octanol–water partition coefficient (Wildman–Crippen LogP) is 3.73. The molecule has 2 aromatic rings. The van der Waals surface area contributed by atoms with Gasteiger partial charge in [-0.1, -0.05) is 11.6 Å². The molecule has 3 aliphatic heterocycles. The number of amides is 4. The van der Waals surface area contributed by atoms with Crippen LogP contribution in [0.1, 0.15) is 18.4 Å². The number of hydrogen-bond acceptors (Lipinski definition) is 6. The van der Waals surface area contributed by atoms with E-state index in [0.717, 1.165) is 17.0 Å². The third-order valence-corrected chi connectivity index (χ3v) is 10.3. The number of nitrogens with one attached hydrogen (secondary N) is 1. The number of halogens is 3. The van der Waals surface area contributed by atoms with Gasteiger partial charge in [0.05, 0.1) is 23.8 Å². The molecule has 1 saturated carbocycles. The maximum atomic E-state index is 14.3. The SMILES string of the molecule is O=C1NC(=O)[C@H]2CC=C3[C@H](C4=COc5ccc(O)cc5C4)[C@]4(Cl)C(=O)N(c5ccc(F)cc5)C(=O)[C@]4(Cl)C[C@H]3[C@@H]12. The Hall–Kier alpha value is -3.69. The first-order chi connectivity index (χ1) is 19.0. The van der Waals surface area contributed by atoms with Gasteiger partial charge in [-0.2, -0.15) is 0 Å². The van der Waals surface area contributed by atoms with Gasteiger partial charge in [0.15, 0.2) is 9.75 Å². The number of carbonyl (C=O) groups is 4. The Morgan fingerprint density at radius 2 is 1.75 bits per heavy atom. The minimum Gasteiger partial charge on any atom is -0.508 e. The number of phenolic OH excluding ortho intramolecular Hbond substituents is 1. The molecule has 0 spiro atoms. The van der Waals surface area contributed by atoms with Gasteiger partial charge in [0, 0.05) is 17.9 Å². The van der Waals surface area contributed by atoms with Gasteiger partial charge in [-0.25, -0.2) is 9.29 Å². The van der Waals surface area contributed by atoms with Crippen LogP contribution in [0, 0.1) is 29.5 Å². The van der Waals surface area contributed by atoms with Crippen molar-refractivity contribution in [2.75, 3.05) is 4.90 Å². The molecule has 0 aromatic heterocycles. The van der Waals surface area contributed by atoms with Crippen molar-refractivity contribution in [1.82, 2.24) is 5.32 Å². The summed E-state index contributed by atoms with van der Waals surface area (Å²) < 4.78 is 19.6. The van der Waals surface area contributed by atoms with Crippen LogP contribution in [0.4, 0.5) is 10.1 Å². The summed E-state index contributed by atoms with van der Waals surface area (Å²) in [5.41, 5.74) is 1.91. The van der Waals surface area contributed by atoms with Crippen molar-refractivity contribution in [3.8, 4) is 11.5 Å². The normalized spacial score (nSPS) is 34.2. The van der Waals surface area contributed by atoms with Crippen molar-refractivity contribution in [3.63, 3.8) is 0 Å². The number of nitrogens with zero attached hydrogens (tertiary/aromatic N) is 1. The molecule has 2 saturated heterocycles. The van der Waals surface area contributed by atoms with Gasteiger partial charge in [0.1, 0.15) is 17.3 Å². The lowest BCUT2D eigenvalue weighted by Crippen LogP contribution is -2.61. The Morgan fingerprint density at radius 1 is 1.00 bits per heavy atom. The molecule has 2 aromatic carbocycles. The molecule has 6 atom stereocenters. The number of carbonyl (C=O) groups excluding carboxylic acids is 4. The first-order valence-corrected chi connectivity index (χ1v) is 13.5. The van der Waals surface area contributed by atoms with Gasteiger partial charge in [-0.3, -0.25) is 24.5 Å². The number of hydrogen-bond donors (Lipinski definition) is 2. The minimum absolute atomic E-state index is 0.0212. The van der Waals surface area contributed by atoms with E-state index in [9.17, 15) is 28.7 Å². The lowest BCUT2D eigenvalue weighted by molar-refractivity contribution is -0.127. The molecule has 2 N–H and O–H groups in total. The topological polar surface area (TPSA) is 113 Å². The number of benzene rings is 2. The van der Waals surface area contributed by atoms with Crippen LogP contribution in [-0.2, 0) is 25.6 Å². The summed E-state index contributed by atoms with van der Waals surface area (Å²) in [5, 5.41) is 12.5. The molecule has 3 heterocycles. The summed E-state index contributed by atoms with van der Waals surface area (Å²) in [6.07, 6.45) is 3.61. The van der Waals surface area contributed by atoms with E-state index in [1.54, 1.807) is 6.07 Å². The monoisotopic (exact) mass is 582 g/mol. The average Bonchev–Trinajstić information content (AvgIpc) is 3.30. The third kappa shape index (κ3) is 3.19. The highest BCUT2D eigenvalue weighted by molar-refractivity contribution is 6.58. The van der Waals surface area contributed by atoms with Crippen LogP contribution in [0.5, 0.6) is 11.5 Å². The Balaban J connectivity index is 1.41. The standard InChI is InChI=1S/C29H21Cl2FN2O6/c30-28-11-20-18(6-7-19-22(20)25(37)33-24(19)36)23(14-9-13-10-17(35)5-8-21(13)40-12-14)29(28,31)27(39)34(26(28)38)16-3-1-15(32)2-4-16/h1-6,8,10,12,19-20,22-23,35H,7,9,11H2,(H,33,36,37)/t19-,20+,22-,23-,28+,29-/m0/s1. The number of alkyl halides is 2. The van der Waals surface area contributed by atoms with Crippen molar-refractivity contribution in [2.24, 2.45) is 23.7 Å². The quantitative estimate of drug-likeness (QED) is 0.317. The fraction of sp³-hybridized carbons (Fsp3) is 0.310. The molecule has 0 unspecified atom stereocenters. The van der Waals surface area contributed by atoms with Crippen LogP contribution in [0.2, 0.25) is 0 Å². The largest absolute Gasteiger partial charge is 0.508 e. The summed E-state index contributed by atoms with van der Waals surface area (Å²) in [4.78, 5) is 50.7. The second-order valence-electron chi connectivity index (χ2n) is 10.9. The number of anilines is 1. The molecular weight excluding hydrogens is 562 g/mol. The van der Waals surface area contributed by atoms with Gasteiger partial charge in [0.25, 0.3) is 11.8 Å². The van der Waals surface area contributed by atoms with Crippen LogP contribution in [0.3, 0.4) is 0 Å². The number of allylic oxidation sites excluding steroid dienone is 3. The molecule has 0 radical (unpaired) electrons. The van der Waals surface area contributed by atoms with E-state index in [4.69, 9.17) is 27.9 Å². The van der Waals surface area contributed by atoms with Crippen molar-refractivity contribution in [3.05, 3.63) is 77.3 Å². The maximum absolute atomic E-state index is 14.3. The van der Waals surface area contributed by atoms with E-state index < -0.39 is 57.0 Å². The van der Waals surface area contributed by atoms with E-state index in [2.05, 4.69) is 5.32 Å². The van der Waals surface area contributed by atoms with Crippen molar-refractivity contribution >= 4 is 52.5 Å². The zero-order chi connectivity index (χ0) is 28.1. The summed E-state index contributed by atoms with van der Waals surface area (Å²) in [5.74, 6) is -5.47. The van der Waals surface area contributed by atoms with Gasteiger partial charge >= 0.3 is 0 Å². The van der Waals surface area contributed by atoms with E-state index >= 15 is 0 Å². The number of imide groups is 2. The molecule has 4 amide bonds. The molecule has 8 nitrogen and oxygen atoms in total. The van der Waals surface area contributed by atoms with Gasteiger partial charge in [-0.15, -0.1) is 23.2 Å². The minimum atomic E-state index is -2.03. The predicted molar refractivity (Wildman–Crippen MR) is 141 cm³/mol. The Kier molecular flexibility index (Phi) is 5.32. The van der Waals surface area contributed by atoms with Crippen molar-refractivity contribution in [1.29, 1.82) is 0 Å². The highest BCUT2D eigenvalue weighted by atomic mass is 35.5. The molecule has 3 fully saturated rings. The highest BCUT2D eigenvalue weighted by Gasteiger charge is 2.76. The number of rotatable bonds is 2. The molecule has 11 heteroatoms. The number of fused-ring (bicyclic) bond motifs is 5. The van der Waals surface area contributed by atoms with E-state index in [1.165, 1.54) is 30.5 Å². The van der Waals surface area contributed by atoms with Gasteiger partial charge < -0.3 is 9.84 Å². The van der Waals surface area contributed by atoms with Crippen LogP contribution in [0.15, 0.2) is 65.9 Å². The van der Waals surface area contributed by atoms with Crippen LogP contribution < -0.4 is 15.0 Å². The summed E-state index contributed by atoms with van der Waals surface area (Å²) in [7, 11) is 0. The second kappa shape index (κ2) is 8.41. The molecule has 204 valence electrons. The molecular formula is C29H21Cl2FN2O6. The van der Waals surface area contributed by atoms with Gasteiger partial charge in [0.2, 0.25) is 11.8 Å². The Morgan fingerprint density at radius 3 is 2.50 bits per heavy atom. The summed E-state index contributed by atoms with van der Waals surface area (Å²) in [6.45, 7) is 0. The lowest BCUT2D eigenvalue weighted by Gasteiger charge is -2.51. The average molecular weight is 583 g/mol. The number of phenols is 1. The zero-order valence-corrected chi connectivity index (χ0v) is 22.2. The van der Waals surface area contributed by atoms with Crippen LogP contribution >= 0.6 is 23.2 Å². The van der Waals surface area contributed by atoms with Crippen LogP contribution in [0.25, 0.3) is 0 Å². The summed E-state index contributed by atoms with van der Waals surface area (Å²) in [6, 6.07) is 9.48. The first kappa shape index (κ1) is 25.3. The van der Waals surface area contributed by atoms with E-state index in [-0.39, 0.29) is 36.6 Å². The molecule has 7 rings (SSSR count).